The lowest BCUT2D eigenvalue weighted by molar-refractivity contribution is -0.870. The lowest BCUT2D eigenvalue weighted by atomic mass is 10.0. The number of likely N-dealkylation sites (N-methyl/N-ethyl adjacent to an activating group) is 1. The van der Waals surface area contributed by atoms with Crippen molar-refractivity contribution in [2.24, 2.45) is 0 Å². The van der Waals surface area contributed by atoms with Gasteiger partial charge >= 0.3 is 0 Å². The summed E-state index contributed by atoms with van der Waals surface area (Å²) < 4.78 is 23.4. The highest BCUT2D eigenvalue weighted by atomic mass is 31.2. The van der Waals surface area contributed by atoms with Gasteiger partial charge in [0.15, 0.2) is 0 Å². The predicted octanol–water partition coefficient (Wildman–Crippen LogP) is 20.5. The fourth-order valence-corrected chi connectivity index (χ4v) is 11.1. The number of hydrogen-bond donors (Lipinski definition) is 2. The van der Waals surface area contributed by atoms with Crippen LogP contribution in [0.3, 0.4) is 0 Å². The molecule has 2 N–H and O–H groups in total. The first-order valence-corrected chi connectivity index (χ1v) is 35.2. The van der Waals surface area contributed by atoms with Crippen LogP contribution in [-0.2, 0) is 18.4 Å². The number of allylic oxidation sites excluding steroid dienone is 3. The third kappa shape index (κ3) is 60.6. The third-order valence-corrected chi connectivity index (χ3v) is 16.6. The van der Waals surface area contributed by atoms with Crippen molar-refractivity contribution in [2.75, 3.05) is 40.9 Å². The molecule has 0 aliphatic heterocycles. The Bertz CT molecular complexity index is 1290. The van der Waals surface area contributed by atoms with Gasteiger partial charge in [-0.2, -0.15) is 0 Å². The molecule has 0 radical (unpaired) electrons. The largest absolute Gasteiger partial charge is 0.756 e. The maximum Gasteiger partial charge on any atom is 0.268 e. The molecule has 0 aromatic heterocycles. The van der Waals surface area contributed by atoms with Crippen molar-refractivity contribution in [3.63, 3.8) is 0 Å². The van der Waals surface area contributed by atoms with Gasteiger partial charge in [-0.25, -0.2) is 0 Å². The lowest BCUT2D eigenvalue weighted by Crippen LogP contribution is -2.45. The quantitative estimate of drug-likeness (QED) is 0.0272. The highest BCUT2D eigenvalue weighted by Gasteiger charge is 2.23. The monoisotopic (exact) mass is 1090 g/mol. The lowest BCUT2D eigenvalue weighted by Gasteiger charge is -2.29. The molecule has 76 heavy (non-hydrogen) atoms. The number of quaternary nitrogens is 1. The Kier molecular flexibility index (Phi) is 57.8. The van der Waals surface area contributed by atoms with Gasteiger partial charge in [-0.15, -0.1) is 0 Å². The minimum Gasteiger partial charge on any atom is -0.756 e. The molecular weight excluding hydrogens is 960 g/mol. The first-order valence-electron chi connectivity index (χ1n) is 33.7. The predicted molar refractivity (Wildman–Crippen MR) is 330 cm³/mol. The van der Waals surface area contributed by atoms with Crippen LogP contribution in [0.4, 0.5) is 0 Å². The summed E-state index contributed by atoms with van der Waals surface area (Å²) in [6.07, 6.45) is 75.7. The topological polar surface area (TPSA) is 108 Å². The second kappa shape index (κ2) is 58.6. The van der Waals surface area contributed by atoms with Gasteiger partial charge in [0.1, 0.15) is 13.2 Å². The Morgan fingerprint density at radius 2 is 0.724 bits per heavy atom. The molecule has 9 heteroatoms. The van der Waals surface area contributed by atoms with E-state index in [1.807, 2.05) is 27.2 Å². The zero-order valence-corrected chi connectivity index (χ0v) is 52.6. The van der Waals surface area contributed by atoms with Crippen molar-refractivity contribution in [3.8, 4) is 0 Å². The molecular formula is C67H133N2O6P. The number of carbonyl (C=O) groups excluding carboxylic acids is 1. The molecule has 0 aromatic carbocycles. The number of unbranched alkanes of at least 4 members (excludes halogenated alkanes) is 48. The molecule has 0 saturated carbocycles. The van der Waals surface area contributed by atoms with Gasteiger partial charge in [-0.1, -0.05) is 321 Å². The van der Waals surface area contributed by atoms with Crippen LogP contribution in [0.1, 0.15) is 348 Å². The summed E-state index contributed by atoms with van der Waals surface area (Å²) >= 11 is 0. The van der Waals surface area contributed by atoms with Crippen molar-refractivity contribution < 1.29 is 32.9 Å². The molecule has 0 heterocycles. The Morgan fingerprint density at radius 1 is 0.447 bits per heavy atom. The van der Waals surface area contributed by atoms with E-state index < -0.39 is 20.0 Å². The molecule has 1 amide bonds. The molecule has 0 rings (SSSR count). The first-order chi connectivity index (χ1) is 37.0. The summed E-state index contributed by atoms with van der Waals surface area (Å²) in [6.45, 7) is 4.71. The number of rotatable bonds is 63. The fourth-order valence-electron chi connectivity index (χ4n) is 10.4. The third-order valence-electron chi connectivity index (χ3n) is 15.7. The second-order valence-electron chi connectivity index (χ2n) is 24.5. The van der Waals surface area contributed by atoms with Gasteiger partial charge in [0.2, 0.25) is 5.91 Å². The van der Waals surface area contributed by atoms with Crippen LogP contribution in [0.25, 0.3) is 0 Å². The molecule has 3 atom stereocenters. The molecule has 0 bridgehead atoms. The van der Waals surface area contributed by atoms with Crippen LogP contribution in [0.15, 0.2) is 24.3 Å². The van der Waals surface area contributed by atoms with Crippen LogP contribution in [0, 0.1) is 0 Å². The van der Waals surface area contributed by atoms with E-state index in [1.165, 1.54) is 289 Å². The van der Waals surface area contributed by atoms with Crippen molar-refractivity contribution in [1.29, 1.82) is 0 Å². The Labute approximate surface area is 474 Å². The summed E-state index contributed by atoms with van der Waals surface area (Å²) in [5.41, 5.74) is 0. The highest BCUT2D eigenvalue weighted by Crippen LogP contribution is 2.38. The van der Waals surface area contributed by atoms with Crippen LogP contribution in [-0.4, -0.2) is 68.5 Å². The molecule has 452 valence electrons. The van der Waals surface area contributed by atoms with Gasteiger partial charge in [-0.05, 0) is 44.9 Å². The van der Waals surface area contributed by atoms with Crippen LogP contribution >= 0.6 is 7.82 Å². The molecule has 0 fully saturated rings. The average molecular weight is 1090 g/mol. The van der Waals surface area contributed by atoms with Gasteiger partial charge in [0.25, 0.3) is 7.82 Å². The zero-order valence-electron chi connectivity index (χ0n) is 51.7. The van der Waals surface area contributed by atoms with E-state index in [0.717, 1.165) is 38.5 Å². The summed E-state index contributed by atoms with van der Waals surface area (Å²) in [7, 11) is 1.28. The Hall–Kier alpha value is -1.02. The zero-order chi connectivity index (χ0) is 55.6. The summed E-state index contributed by atoms with van der Waals surface area (Å²) in [5, 5.41) is 14.0. The molecule has 8 nitrogen and oxygen atoms in total. The normalized spacial score (nSPS) is 13.8. The average Bonchev–Trinajstić information content (AvgIpc) is 3.38. The molecule has 3 unspecified atom stereocenters. The van der Waals surface area contributed by atoms with E-state index in [1.54, 1.807) is 6.08 Å². The standard InChI is InChI=1S/C67H133N2O6P/c1-6-8-10-12-14-16-18-20-22-24-26-28-30-32-34-36-38-40-42-44-46-48-50-52-54-56-58-60-66(70)65(64-75-76(72,73)74-63-62-69(3,4)5)68-67(71)61-59-57-55-53-51-49-47-45-43-41-39-37-35-33-31-29-27-25-23-21-19-17-15-13-11-9-7-2/h25,27,58,60,65-66,70H,6-24,26,28-57,59,61-64H2,1-5H3,(H-,68,71,72,73)/b27-25-,60-58+. The number of aliphatic hydroxyl groups excluding tert-OH is 1. The number of nitrogens with one attached hydrogen (secondary N) is 1. The van der Waals surface area contributed by atoms with E-state index in [-0.39, 0.29) is 19.1 Å². The smallest absolute Gasteiger partial charge is 0.268 e. The van der Waals surface area contributed by atoms with E-state index in [9.17, 15) is 19.4 Å². The molecule has 0 aliphatic rings. The van der Waals surface area contributed by atoms with E-state index in [2.05, 4.69) is 31.3 Å². The van der Waals surface area contributed by atoms with E-state index in [4.69, 9.17) is 9.05 Å². The van der Waals surface area contributed by atoms with Crippen molar-refractivity contribution in [1.82, 2.24) is 5.32 Å². The first kappa shape index (κ1) is 75.0. The van der Waals surface area contributed by atoms with Gasteiger partial charge in [-0.3, -0.25) is 9.36 Å². The van der Waals surface area contributed by atoms with Crippen molar-refractivity contribution in [2.45, 2.75) is 360 Å². The Balaban J connectivity index is 4.08. The highest BCUT2D eigenvalue weighted by molar-refractivity contribution is 7.45. The molecule has 0 aliphatic carbocycles. The van der Waals surface area contributed by atoms with Crippen LogP contribution in [0.2, 0.25) is 0 Å². The van der Waals surface area contributed by atoms with Gasteiger partial charge < -0.3 is 28.8 Å². The van der Waals surface area contributed by atoms with Crippen LogP contribution < -0.4 is 10.2 Å². The Morgan fingerprint density at radius 3 is 1.03 bits per heavy atom. The summed E-state index contributed by atoms with van der Waals surface area (Å²) in [4.78, 5) is 25.6. The number of aliphatic hydroxyl groups is 1. The van der Waals surface area contributed by atoms with Gasteiger partial charge in [0, 0.05) is 6.42 Å². The summed E-state index contributed by atoms with van der Waals surface area (Å²) in [6, 6.07) is -0.885. The number of phosphoric ester groups is 1. The minimum absolute atomic E-state index is 0.00155. The van der Waals surface area contributed by atoms with Crippen molar-refractivity contribution in [3.05, 3.63) is 24.3 Å². The van der Waals surface area contributed by atoms with Crippen LogP contribution in [0.5, 0.6) is 0 Å². The molecule has 0 spiro atoms. The van der Waals surface area contributed by atoms with Gasteiger partial charge in [0.05, 0.1) is 39.9 Å². The SMILES string of the molecule is CCCCCCCCCC/C=C\CCCCCCCCCCCCCCCCCC(=O)NC(COP(=O)([O-])OCC[N+](C)(C)C)C(O)/C=C/CCCCCCCCCCCCCCCCCCCCCCCCCCC. The molecule has 0 saturated heterocycles. The van der Waals surface area contributed by atoms with E-state index in [0.29, 0.717) is 17.4 Å². The number of nitrogens with zero attached hydrogens (tertiary/aromatic N) is 1. The maximum atomic E-state index is 13.0. The number of carbonyl (C=O) groups is 1. The minimum atomic E-state index is -4.60. The molecule has 0 aromatic rings. The summed E-state index contributed by atoms with van der Waals surface area (Å²) in [5.74, 6) is -0.190. The van der Waals surface area contributed by atoms with Crippen molar-refractivity contribution >= 4 is 13.7 Å². The number of hydrogen-bond acceptors (Lipinski definition) is 6. The van der Waals surface area contributed by atoms with E-state index >= 15 is 0 Å². The second-order valence-corrected chi connectivity index (χ2v) is 25.9. The number of phosphoric acid groups is 1. The number of amides is 1. The maximum absolute atomic E-state index is 13.0. The fraction of sp³-hybridized carbons (Fsp3) is 0.925.